The second kappa shape index (κ2) is 6.15. The molecule has 1 unspecified atom stereocenters. The van der Waals surface area contributed by atoms with Crippen LogP contribution in [0.15, 0.2) is 11.3 Å². The molecule has 5 heteroatoms. The molecule has 0 saturated carbocycles. The highest BCUT2D eigenvalue weighted by molar-refractivity contribution is 7.58. The van der Waals surface area contributed by atoms with E-state index in [1.807, 2.05) is 0 Å². The maximum Gasteiger partial charge on any atom is 0.229 e. The molecule has 0 spiro atoms. The van der Waals surface area contributed by atoms with Gasteiger partial charge in [0.1, 0.15) is 0 Å². The fraction of sp³-hybridized carbons (Fsp3) is 0.857. The average Bonchev–Trinajstić information content (AvgIpc) is 2.59. The van der Waals surface area contributed by atoms with Crippen molar-refractivity contribution < 1.29 is 13.9 Å². The van der Waals surface area contributed by atoms with Gasteiger partial charge in [-0.05, 0) is 36.4 Å². The van der Waals surface area contributed by atoms with Gasteiger partial charge in [-0.15, -0.1) is 0 Å². The first-order chi connectivity index (χ1) is 8.55. The smallest absolute Gasteiger partial charge is 0.229 e. The molecule has 3 nitrogen and oxygen atoms in total. The molecule has 1 aliphatic carbocycles. The van der Waals surface area contributed by atoms with E-state index in [9.17, 15) is 9.46 Å². The number of allylic oxidation sites excluding steroid dienone is 2. The van der Waals surface area contributed by atoms with Crippen LogP contribution in [0.2, 0.25) is 13.1 Å². The standard InChI is InChI=1S/C14H29O3PSi/c1-7-18(15,16)10-11-8-12(14(2,3)4)9-13(11)17-19(5)6/h12,19H,7-10H2,1-6H3,(H,15,16)/t12-/m0/s1. The Labute approximate surface area is 119 Å². The van der Waals surface area contributed by atoms with Gasteiger partial charge >= 0.3 is 0 Å². The molecule has 0 amide bonds. The summed E-state index contributed by atoms with van der Waals surface area (Å²) in [5.41, 5.74) is 1.33. The lowest BCUT2D eigenvalue weighted by Crippen LogP contribution is -2.18. The average molecular weight is 304 g/mol. The van der Waals surface area contributed by atoms with E-state index in [4.69, 9.17) is 4.43 Å². The third-order valence-electron chi connectivity index (χ3n) is 3.85. The van der Waals surface area contributed by atoms with Gasteiger partial charge in [0.2, 0.25) is 16.4 Å². The predicted molar refractivity (Wildman–Crippen MR) is 84.4 cm³/mol. The third kappa shape index (κ3) is 5.09. The summed E-state index contributed by atoms with van der Waals surface area (Å²) >= 11 is 0. The predicted octanol–water partition coefficient (Wildman–Crippen LogP) is 3.99. The quantitative estimate of drug-likeness (QED) is 0.617. The highest BCUT2D eigenvalue weighted by Crippen LogP contribution is 2.49. The number of hydrogen-bond acceptors (Lipinski definition) is 2. The molecule has 1 aliphatic rings. The molecule has 0 saturated heterocycles. The fourth-order valence-corrected chi connectivity index (χ4v) is 4.40. The van der Waals surface area contributed by atoms with Crippen LogP contribution in [0.3, 0.4) is 0 Å². The van der Waals surface area contributed by atoms with Crippen molar-refractivity contribution in [3.05, 3.63) is 11.3 Å². The van der Waals surface area contributed by atoms with Crippen LogP contribution in [0, 0.1) is 11.3 Å². The minimum atomic E-state index is -3.00. The number of rotatable bonds is 5. The minimum Gasteiger partial charge on any atom is -0.550 e. The van der Waals surface area contributed by atoms with Gasteiger partial charge in [-0.2, -0.15) is 0 Å². The van der Waals surface area contributed by atoms with Crippen molar-refractivity contribution in [2.45, 2.75) is 53.6 Å². The van der Waals surface area contributed by atoms with E-state index in [0.717, 1.165) is 24.2 Å². The molecule has 19 heavy (non-hydrogen) atoms. The van der Waals surface area contributed by atoms with Crippen LogP contribution >= 0.6 is 7.37 Å². The molecule has 1 rings (SSSR count). The third-order valence-corrected chi connectivity index (χ3v) is 6.47. The lowest BCUT2D eigenvalue weighted by molar-refractivity contribution is 0.237. The topological polar surface area (TPSA) is 46.5 Å². The first-order valence-electron chi connectivity index (χ1n) is 7.23. The summed E-state index contributed by atoms with van der Waals surface area (Å²) in [7, 11) is -4.15. The van der Waals surface area contributed by atoms with Gasteiger partial charge in [-0.3, -0.25) is 4.57 Å². The molecular formula is C14H29O3PSi. The van der Waals surface area contributed by atoms with Crippen LogP contribution in [0.4, 0.5) is 0 Å². The fourth-order valence-electron chi connectivity index (χ4n) is 2.44. The van der Waals surface area contributed by atoms with Gasteiger partial charge in [0.25, 0.3) is 0 Å². The van der Waals surface area contributed by atoms with E-state index in [0.29, 0.717) is 18.2 Å². The summed E-state index contributed by atoms with van der Waals surface area (Å²) in [6.45, 7) is 12.8. The molecule has 0 heterocycles. The lowest BCUT2D eigenvalue weighted by atomic mass is 9.79. The molecule has 0 aliphatic heterocycles. The van der Waals surface area contributed by atoms with Crippen LogP contribution in [-0.2, 0) is 8.99 Å². The molecule has 0 fully saturated rings. The van der Waals surface area contributed by atoms with Crippen LogP contribution < -0.4 is 0 Å². The normalized spacial score (nSPS) is 23.9. The van der Waals surface area contributed by atoms with E-state index in [2.05, 4.69) is 33.9 Å². The Morgan fingerprint density at radius 2 is 1.95 bits per heavy atom. The maximum absolute atomic E-state index is 12.0. The van der Waals surface area contributed by atoms with Gasteiger partial charge in [0.05, 0.1) is 5.76 Å². The Bertz CT molecular complexity index is 396. The van der Waals surface area contributed by atoms with Crippen molar-refractivity contribution in [2.75, 3.05) is 12.3 Å². The van der Waals surface area contributed by atoms with E-state index in [-0.39, 0.29) is 5.41 Å². The molecular weight excluding hydrogens is 275 g/mol. The largest absolute Gasteiger partial charge is 0.550 e. The first-order valence-corrected chi connectivity index (χ1v) is 12.0. The Kier molecular flexibility index (Phi) is 5.50. The Hall–Kier alpha value is -0.0531. The van der Waals surface area contributed by atoms with Crippen molar-refractivity contribution in [1.82, 2.24) is 0 Å². The molecule has 0 bridgehead atoms. The van der Waals surface area contributed by atoms with E-state index < -0.39 is 16.4 Å². The van der Waals surface area contributed by atoms with Crippen molar-refractivity contribution in [3.63, 3.8) is 0 Å². The van der Waals surface area contributed by atoms with Gasteiger partial charge in [0.15, 0.2) is 0 Å². The zero-order valence-electron chi connectivity index (χ0n) is 13.2. The van der Waals surface area contributed by atoms with E-state index in [1.54, 1.807) is 6.92 Å². The Morgan fingerprint density at radius 3 is 2.37 bits per heavy atom. The summed E-state index contributed by atoms with van der Waals surface area (Å²) in [5.74, 6) is 1.56. The van der Waals surface area contributed by atoms with Crippen molar-refractivity contribution in [3.8, 4) is 0 Å². The van der Waals surface area contributed by atoms with Crippen molar-refractivity contribution >= 4 is 16.4 Å². The second-order valence-electron chi connectivity index (χ2n) is 6.99. The molecule has 0 aromatic carbocycles. The number of hydrogen-bond donors (Lipinski definition) is 1. The molecule has 112 valence electrons. The van der Waals surface area contributed by atoms with Crippen molar-refractivity contribution in [1.29, 1.82) is 0 Å². The Morgan fingerprint density at radius 1 is 1.37 bits per heavy atom. The Balaban J connectivity index is 2.89. The first kappa shape index (κ1) is 17.0. The second-order valence-corrected chi connectivity index (χ2v) is 12.0. The highest BCUT2D eigenvalue weighted by atomic mass is 31.2. The summed E-state index contributed by atoms with van der Waals surface area (Å²) in [4.78, 5) is 9.90. The summed E-state index contributed by atoms with van der Waals surface area (Å²) in [6.07, 6.45) is 2.54. The van der Waals surface area contributed by atoms with Gasteiger partial charge in [-0.25, -0.2) is 0 Å². The van der Waals surface area contributed by atoms with Crippen molar-refractivity contribution in [2.24, 2.45) is 11.3 Å². The van der Waals surface area contributed by atoms with E-state index >= 15 is 0 Å². The zero-order valence-corrected chi connectivity index (χ0v) is 15.2. The zero-order chi connectivity index (χ0) is 14.8. The molecule has 2 atom stereocenters. The van der Waals surface area contributed by atoms with Gasteiger partial charge in [-0.1, -0.05) is 27.7 Å². The molecule has 1 N–H and O–H groups in total. The van der Waals surface area contributed by atoms with Crippen LogP contribution in [0.25, 0.3) is 0 Å². The molecule has 0 aromatic heterocycles. The monoisotopic (exact) mass is 304 g/mol. The van der Waals surface area contributed by atoms with E-state index in [1.165, 1.54) is 0 Å². The highest BCUT2D eigenvalue weighted by Gasteiger charge is 2.35. The molecule has 0 aromatic rings. The van der Waals surface area contributed by atoms with Crippen LogP contribution in [-0.4, -0.2) is 26.3 Å². The van der Waals surface area contributed by atoms with Crippen LogP contribution in [0.1, 0.15) is 40.5 Å². The minimum absolute atomic E-state index is 0.223. The summed E-state index contributed by atoms with van der Waals surface area (Å²) in [5, 5.41) is 0. The van der Waals surface area contributed by atoms with Gasteiger partial charge < -0.3 is 9.32 Å². The summed E-state index contributed by atoms with van der Waals surface area (Å²) in [6, 6.07) is 0. The summed E-state index contributed by atoms with van der Waals surface area (Å²) < 4.78 is 18.0. The molecule has 0 radical (unpaired) electrons. The van der Waals surface area contributed by atoms with Gasteiger partial charge in [0, 0.05) is 18.7 Å². The SMILES string of the molecule is CCP(=O)(O)CC1=C(O[SiH](C)C)C[C@@H](C(C)(C)C)C1. The lowest BCUT2D eigenvalue weighted by Gasteiger charge is -2.27. The maximum atomic E-state index is 12.0. The van der Waals surface area contributed by atoms with Crippen LogP contribution in [0.5, 0.6) is 0 Å².